The minimum atomic E-state index is -2.98. The Bertz CT molecular complexity index is 311. The molecule has 1 aliphatic rings. The molecule has 0 amide bonds. The van der Waals surface area contributed by atoms with Crippen molar-refractivity contribution in [2.75, 3.05) is 18.6 Å². The van der Waals surface area contributed by atoms with Gasteiger partial charge in [0.1, 0.15) is 0 Å². The summed E-state index contributed by atoms with van der Waals surface area (Å²) in [5, 5.41) is 0. The molecule has 1 aliphatic heterocycles. The van der Waals surface area contributed by atoms with Crippen LogP contribution in [0, 0.1) is 5.92 Å². The highest BCUT2D eigenvalue weighted by Gasteiger charge is 2.35. The molecule has 2 atom stereocenters. The second-order valence-electron chi connectivity index (χ2n) is 3.62. The van der Waals surface area contributed by atoms with Crippen LogP contribution in [-0.2, 0) is 19.4 Å². The van der Waals surface area contributed by atoms with E-state index in [2.05, 4.69) is 4.74 Å². The Kier molecular flexibility index (Phi) is 3.49. The quantitative estimate of drug-likeness (QED) is 0.637. The molecule has 0 aromatic carbocycles. The molecule has 5 nitrogen and oxygen atoms in total. The van der Waals surface area contributed by atoms with Crippen molar-refractivity contribution in [3.63, 3.8) is 0 Å². The first-order valence-electron chi connectivity index (χ1n) is 4.47. The number of sulfone groups is 1. The van der Waals surface area contributed by atoms with Gasteiger partial charge in [0.2, 0.25) is 0 Å². The highest BCUT2D eigenvalue weighted by atomic mass is 32.2. The predicted octanol–water partition coefficient (Wildman–Crippen LogP) is -0.688. The number of carbonyl (C=O) groups excluding carboxylic acids is 1. The van der Waals surface area contributed by atoms with Gasteiger partial charge in [-0.2, -0.15) is 0 Å². The van der Waals surface area contributed by atoms with Crippen LogP contribution < -0.4 is 5.73 Å². The van der Waals surface area contributed by atoms with E-state index in [-0.39, 0.29) is 35.9 Å². The predicted molar refractivity (Wildman–Crippen MR) is 51.4 cm³/mol. The maximum absolute atomic E-state index is 11.2. The minimum absolute atomic E-state index is 0.0405. The largest absolute Gasteiger partial charge is 0.469 e. The summed E-state index contributed by atoms with van der Waals surface area (Å²) in [5.41, 5.74) is 5.65. The van der Waals surface area contributed by atoms with Gasteiger partial charge in [0, 0.05) is 12.5 Å². The van der Waals surface area contributed by atoms with Crippen molar-refractivity contribution in [3.05, 3.63) is 0 Å². The summed E-state index contributed by atoms with van der Waals surface area (Å²) < 4.78 is 26.8. The van der Waals surface area contributed by atoms with Crippen molar-refractivity contribution < 1.29 is 17.9 Å². The molecular weight excluding hydrogens is 206 g/mol. The smallest absolute Gasteiger partial charge is 0.305 e. The molecule has 6 heteroatoms. The lowest BCUT2D eigenvalue weighted by Gasteiger charge is -2.11. The van der Waals surface area contributed by atoms with E-state index in [1.807, 2.05) is 0 Å². The third-order valence-corrected chi connectivity index (χ3v) is 4.30. The Morgan fingerprint density at radius 1 is 1.50 bits per heavy atom. The molecule has 1 heterocycles. The summed E-state index contributed by atoms with van der Waals surface area (Å²) in [5.74, 6) is -0.273. The molecule has 0 aromatic heterocycles. The van der Waals surface area contributed by atoms with Gasteiger partial charge in [-0.15, -0.1) is 0 Å². The fourth-order valence-electron chi connectivity index (χ4n) is 1.65. The van der Waals surface area contributed by atoms with Crippen LogP contribution in [0.25, 0.3) is 0 Å². The first kappa shape index (κ1) is 11.5. The van der Waals surface area contributed by atoms with Crippen molar-refractivity contribution in [2.45, 2.75) is 18.9 Å². The first-order valence-corrected chi connectivity index (χ1v) is 6.29. The molecule has 1 fully saturated rings. The number of ether oxygens (including phenoxy) is 1. The molecule has 0 spiro atoms. The van der Waals surface area contributed by atoms with Crippen LogP contribution in [0.2, 0.25) is 0 Å². The molecule has 2 unspecified atom stereocenters. The fraction of sp³-hybridized carbons (Fsp3) is 0.875. The van der Waals surface area contributed by atoms with Crippen molar-refractivity contribution in [3.8, 4) is 0 Å². The summed E-state index contributed by atoms with van der Waals surface area (Å²) in [6.45, 7) is 0. The molecule has 0 aromatic rings. The monoisotopic (exact) mass is 221 g/mol. The van der Waals surface area contributed by atoms with E-state index < -0.39 is 9.84 Å². The van der Waals surface area contributed by atoms with Gasteiger partial charge >= 0.3 is 5.97 Å². The van der Waals surface area contributed by atoms with Crippen molar-refractivity contribution in [1.82, 2.24) is 0 Å². The van der Waals surface area contributed by atoms with E-state index in [9.17, 15) is 13.2 Å². The molecule has 82 valence electrons. The summed E-state index contributed by atoms with van der Waals surface area (Å²) >= 11 is 0. The molecular formula is C8H15NO4S. The molecule has 14 heavy (non-hydrogen) atoms. The van der Waals surface area contributed by atoms with E-state index in [0.29, 0.717) is 6.42 Å². The lowest BCUT2D eigenvalue weighted by atomic mass is 9.99. The van der Waals surface area contributed by atoms with Crippen LogP contribution in [-0.4, -0.2) is 39.0 Å². The van der Waals surface area contributed by atoms with Crippen LogP contribution in [0.1, 0.15) is 12.8 Å². The average Bonchev–Trinajstić information content (AvgIpc) is 2.35. The Labute approximate surface area is 83.5 Å². The highest BCUT2D eigenvalue weighted by Crippen LogP contribution is 2.22. The standard InChI is InChI=1S/C8H15NO4S/c1-13-8(10)3-2-6-4-14(11,12)5-7(6)9/h6-7H,2-5,9H2,1H3. The van der Waals surface area contributed by atoms with E-state index in [4.69, 9.17) is 5.73 Å². The fourth-order valence-corrected chi connectivity index (χ4v) is 3.71. The second kappa shape index (κ2) is 4.27. The molecule has 1 saturated heterocycles. The summed E-state index contributed by atoms with van der Waals surface area (Å²) in [7, 11) is -1.66. The Hall–Kier alpha value is -0.620. The summed E-state index contributed by atoms with van der Waals surface area (Å²) in [4.78, 5) is 10.8. The molecule has 0 bridgehead atoms. The Morgan fingerprint density at radius 3 is 2.57 bits per heavy atom. The lowest BCUT2D eigenvalue weighted by molar-refractivity contribution is -0.140. The van der Waals surface area contributed by atoms with Crippen LogP contribution >= 0.6 is 0 Å². The van der Waals surface area contributed by atoms with Crippen LogP contribution in [0.3, 0.4) is 0 Å². The van der Waals surface area contributed by atoms with Crippen LogP contribution in [0.4, 0.5) is 0 Å². The zero-order valence-electron chi connectivity index (χ0n) is 8.10. The number of hydrogen-bond donors (Lipinski definition) is 1. The molecule has 2 N–H and O–H groups in total. The number of hydrogen-bond acceptors (Lipinski definition) is 5. The second-order valence-corrected chi connectivity index (χ2v) is 5.77. The van der Waals surface area contributed by atoms with Gasteiger partial charge in [-0.05, 0) is 12.3 Å². The molecule has 0 saturated carbocycles. The SMILES string of the molecule is COC(=O)CCC1CS(=O)(=O)CC1N. The van der Waals surface area contributed by atoms with Gasteiger partial charge in [-0.1, -0.05) is 0 Å². The number of esters is 1. The maximum atomic E-state index is 11.2. The maximum Gasteiger partial charge on any atom is 0.305 e. The van der Waals surface area contributed by atoms with Crippen molar-refractivity contribution >= 4 is 15.8 Å². The van der Waals surface area contributed by atoms with Gasteiger partial charge in [0.05, 0.1) is 18.6 Å². The van der Waals surface area contributed by atoms with Gasteiger partial charge in [-0.25, -0.2) is 8.42 Å². The third-order valence-electron chi connectivity index (χ3n) is 2.47. The zero-order chi connectivity index (χ0) is 10.8. The van der Waals surface area contributed by atoms with Crippen molar-refractivity contribution in [1.29, 1.82) is 0 Å². The lowest BCUT2D eigenvalue weighted by Crippen LogP contribution is -2.29. The zero-order valence-corrected chi connectivity index (χ0v) is 8.92. The molecule has 0 aliphatic carbocycles. The molecule has 0 radical (unpaired) electrons. The normalized spacial score (nSPS) is 30.1. The van der Waals surface area contributed by atoms with Gasteiger partial charge in [0.25, 0.3) is 0 Å². The highest BCUT2D eigenvalue weighted by molar-refractivity contribution is 7.91. The Morgan fingerprint density at radius 2 is 2.14 bits per heavy atom. The van der Waals surface area contributed by atoms with E-state index in [0.717, 1.165) is 0 Å². The number of carbonyl (C=O) groups is 1. The first-order chi connectivity index (χ1) is 6.44. The van der Waals surface area contributed by atoms with E-state index >= 15 is 0 Å². The third kappa shape index (κ3) is 2.95. The summed E-state index contributed by atoms with van der Waals surface area (Å²) in [6.07, 6.45) is 0.734. The number of rotatable bonds is 3. The van der Waals surface area contributed by atoms with Crippen LogP contribution in [0.15, 0.2) is 0 Å². The van der Waals surface area contributed by atoms with Gasteiger partial charge in [-0.3, -0.25) is 4.79 Å². The topological polar surface area (TPSA) is 86.5 Å². The summed E-state index contributed by atoms with van der Waals surface area (Å²) in [6, 6.07) is -0.329. The van der Waals surface area contributed by atoms with Gasteiger partial charge in [0.15, 0.2) is 9.84 Å². The average molecular weight is 221 g/mol. The number of methoxy groups -OCH3 is 1. The Balaban J connectivity index is 2.44. The van der Waals surface area contributed by atoms with Crippen molar-refractivity contribution in [2.24, 2.45) is 11.7 Å². The van der Waals surface area contributed by atoms with E-state index in [1.165, 1.54) is 7.11 Å². The number of nitrogens with two attached hydrogens (primary N) is 1. The molecule has 1 rings (SSSR count). The van der Waals surface area contributed by atoms with E-state index in [1.54, 1.807) is 0 Å². The van der Waals surface area contributed by atoms with Crippen LogP contribution in [0.5, 0.6) is 0 Å². The van der Waals surface area contributed by atoms with Gasteiger partial charge < -0.3 is 10.5 Å². The minimum Gasteiger partial charge on any atom is -0.469 e.